The first kappa shape index (κ1) is 22.9. The van der Waals surface area contributed by atoms with Crippen LogP contribution in [0, 0.1) is 26.6 Å². The van der Waals surface area contributed by atoms with E-state index in [4.69, 9.17) is 0 Å². The van der Waals surface area contributed by atoms with Crippen LogP contribution in [0.15, 0.2) is 76.4 Å². The Balaban J connectivity index is 1.78. The van der Waals surface area contributed by atoms with E-state index < -0.39 is 15.8 Å². The molecule has 0 spiro atoms. The molecule has 0 radical (unpaired) electrons. The van der Waals surface area contributed by atoms with Gasteiger partial charge >= 0.3 is 0 Å². The lowest BCUT2D eigenvalue weighted by Crippen LogP contribution is -2.32. The second kappa shape index (κ2) is 8.92. The molecule has 0 amide bonds. The fourth-order valence-corrected chi connectivity index (χ4v) is 5.16. The molecule has 7 heteroatoms. The molecule has 3 aromatic carbocycles. The minimum atomic E-state index is -3.92. The molecule has 170 valence electrons. The van der Waals surface area contributed by atoms with E-state index in [0.717, 1.165) is 27.6 Å². The Kier molecular flexibility index (Phi) is 6.19. The SMILES string of the molecule is Cc1ccc(S(=O)(=O)N(Cc2ccc(F)cc2)Cc2cc3ccc(C)c(C)c3[nH]c2=O)cc1. The molecular formula is C26H25FN2O3S. The Labute approximate surface area is 192 Å². The molecule has 0 aliphatic carbocycles. The van der Waals surface area contributed by atoms with Crippen LogP contribution in [0.4, 0.5) is 4.39 Å². The molecule has 0 saturated carbocycles. The van der Waals surface area contributed by atoms with Crippen molar-refractivity contribution in [1.29, 1.82) is 0 Å². The number of pyridine rings is 1. The summed E-state index contributed by atoms with van der Waals surface area (Å²) in [5, 5.41) is 0.835. The van der Waals surface area contributed by atoms with Gasteiger partial charge in [-0.1, -0.05) is 42.0 Å². The number of nitrogens with zero attached hydrogens (tertiary/aromatic N) is 1. The van der Waals surface area contributed by atoms with Crippen LogP contribution in [-0.2, 0) is 23.1 Å². The van der Waals surface area contributed by atoms with E-state index in [2.05, 4.69) is 4.98 Å². The highest BCUT2D eigenvalue weighted by Gasteiger charge is 2.26. The van der Waals surface area contributed by atoms with Crippen LogP contribution in [0.2, 0.25) is 0 Å². The third kappa shape index (κ3) is 4.74. The van der Waals surface area contributed by atoms with Gasteiger partial charge in [-0.15, -0.1) is 0 Å². The summed E-state index contributed by atoms with van der Waals surface area (Å²) in [7, 11) is -3.92. The first-order valence-electron chi connectivity index (χ1n) is 10.6. The van der Waals surface area contributed by atoms with E-state index in [0.29, 0.717) is 11.1 Å². The second-order valence-corrected chi connectivity index (χ2v) is 10.2. The second-order valence-electron chi connectivity index (χ2n) is 8.31. The van der Waals surface area contributed by atoms with Crippen LogP contribution in [0.1, 0.15) is 27.8 Å². The van der Waals surface area contributed by atoms with Crippen molar-refractivity contribution in [2.75, 3.05) is 0 Å². The fourth-order valence-electron chi connectivity index (χ4n) is 3.76. The molecule has 4 aromatic rings. The number of hydrogen-bond donors (Lipinski definition) is 1. The highest BCUT2D eigenvalue weighted by Crippen LogP contribution is 2.23. The quantitative estimate of drug-likeness (QED) is 0.437. The molecular weight excluding hydrogens is 439 g/mol. The lowest BCUT2D eigenvalue weighted by Gasteiger charge is -2.23. The number of benzene rings is 3. The summed E-state index contributed by atoms with van der Waals surface area (Å²) in [4.78, 5) is 16.0. The van der Waals surface area contributed by atoms with Gasteiger partial charge in [0.25, 0.3) is 5.56 Å². The first-order valence-corrected chi connectivity index (χ1v) is 12.0. The number of aryl methyl sites for hydroxylation is 3. The molecule has 33 heavy (non-hydrogen) atoms. The van der Waals surface area contributed by atoms with Crippen LogP contribution in [0.3, 0.4) is 0 Å². The third-order valence-corrected chi connectivity index (χ3v) is 7.71. The van der Waals surface area contributed by atoms with Gasteiger partial charge in [0.1, 0.15) is 5.82 Å². The highest BCUT2D eigenvalue weighted by atomic mass is 32.2. The standard InChI is InChI=1S/C26H25FN2O3S/c1-17-4-12-24(13-5-17)33(31,32)29(15-20-7-10-23(27)11-8-20)16-22-14-21-9-6-18(2)19(3)25(21)28-26(22)30/h4-14H,15-16H2,1-3H3,(H,28,30). The lowest BCUT2D eigenvalue weighted by atomic mass is 10.0. The topological polar surface area (TPSA) is 70.2 Å². The molecule has 4 rings (SSSR count). The number of H-pyrrole nitrogens is 1. The monoisotopic (exact) mass is 464 g/mol. The lowest BCUT2D eigenvalue weighted by molar-refractivity contribution is 0.399. The zero-order valence-corrected chi connectivity index (χ0v) is 19.5. The minimum Gasteiger partial charge on any atom is -0.321 e. The van der Waals surface area contributed by atoms with E-state index in [1.54, 1.807) is 42.5 Å². The molecule has 0 bridgehead atoms. The van der Waals surface area contributed by atoms with Crippen molar-refractivity contribution in [1.82, 2.24) is 9.29 Å². The summed E-state index contributed by atoms with van der Waals surface area (Å²) in [6.45, 7) is 5.67. The maximum absolute atomic E-state index is 13.5. The van der Waals surface area contributed by atoms with E-state index in [-0.39, 0.29) is 23.5 Å². The summed E-state index contributed by atoms with van der Waals surface area (Å²) in [5.74, 6) is -0.400. The van der Waals surface area contributed by atoms with Crippen LogP contribution < -0.4 is 5.56 Å². The molecule has 0 aliphatic rings. The highest BCUT2D eigenvalue weighted by molar-refractivity contribution is 7.89. The van der Waals surface area contributed by atoms with Crippen molar-refractivity contribution >= 4 is 20.9 Å². The summed E-state index contributed by atoms with van der Waals surface area (Å²) in [6, 6.07) is 17.9. The van der Waals surface area contributed by atoms with E-state index in [1.165, 1.54) is 16.4 Å². The molecule has 5 nitrogen and oxygen atoms in total. The molecule has 1 N–H and O–H groups in total. The van der Waals surface area contributed by atoms with Gasteiger partial charge in [0.15, 0.2) is 0 Å². The van der Waals surface area contributed by atoms with E-state index in [9.17, 15) is 17.6 Å². The number of nitrogens with one attached hydrogen (secondary N) is 1. The molecule has 1 aromatic heterocycles. The number of aromatic amines is 1. The zero-order valence-electron chi connectivity index (χ0n) is 18.7. The summed E-state index contributed by atoms with van der Waals surface area (Å²) in [5.41, 5.74) is 4.35. The van der Waals surface area contributed by atoms with E-state index >= 15 is 0 Å². The van der Waals surface area contributed by atoms with Crippen LogP contribution >= 0.6 is 0 Å². The van der Waals surface area contributed by atoms with Crippen molar-refractivity contribution in [3.63, 3.8) is 0 Å². The molecule has 0 unspecified atom stereocenters. The van der Waals surface area contributed by atoms with Gasteiger partial charge in [0.05, 0.1) is 10.4 Å². The maximum Gasteiger partial charge on any atom is 0.252 e. The van der Waals surface area contributed by atoms with Crippen LogP contribution in [-0.4, -0.2) is 17.7 Å². The molecule has 0 fully saturated rings. The summed E-state index contributed by atoms with van der Waals surface area (Å²) in [6.07, 6.45) is 0. The van der Waals surface area contributed by atoms with Crippen molar-refractivity contribution < 1.29 is 12.8 Å². The Bertz CT molecular complexity index is 1480. The van der Waals surface area contributed by atoms with E-state index in [1.807, 2.05) is 32.9 Å². The number of sulfonamides is 1. The van der Waals surface area contributed by atoms with Crippen LogP contribution in [0.25, 0.3) is 10.9 Å². The Morgan fingerprint density at radius 3 is 2.21 bits per heavy atom. The van der Waals surface area contributed by atoms with Gasteiger partial charge in [-0.3, -0.25) is 4.79 Å². The molecule has 0 atom stereocenters. The predicted molar refractivity (Wildman–Crippen MR) is 128 cm³/mol. The Morgan fingerprint density at radius 2 is 1.55 bits per heavy atom. The van der Waals surface area contributed by atoms with Crippen molar-refractivity contribution in [3.8, 4) is 0 Å². The predicted octanol–water partition coefficient (Wildman–Crippen LogP) is 4.98. The van der Waals surface area contributed by atoms with Gasteiger partial charge in [-0.05, 0) is 73.2 Å². The Morgan fingerprint density at radius 1 is 0.879 bits per heavy atom. The van der Waals surface area contributed by atoms with Gasteiger partial charge in [0, 0.05) is 18.7 Å². The number of hydrogen-bond acceptors (Lipinski definition) is 3. The van der Waals surface area contributed by atoms with Crippen molar-refractivity contribution in [3.05, 3.63) is 111 Å². The molecule has 1 heterocycles. The summed E-state index contributed by atoms with van der Waals surface area (Å²) < 4.78 is 41.7. The number of aromatic nitrogens is 1. The average molecular weight is 465 g/mol. The zero-order chi connectivity index (χ0) is 23.8. The van der Waals surface area contributed by atoms with Gasteiger partial charge in [-0.25, -0.2) is 12.8 Å². The normalized spacial score (nSPS) is 11.9. The van der Waals surface area contributed by atoms with Gasteiger partial charge in [-0.2, -0.15) is 4.31 Å². The maximum atomic E-state index is 13.5. The smallest absolute Gasteiger partial charge is 0.252 e. The third-order valence-electron chi connectivity index (χ3n) is 5.91. The number of halogens is 1. The molecule has 0 saturated heterocycles. The average Bonchev–Trinajstić information content (AvgIpc) is 2.78. The van der Waals surface area contributed by atoms with Crippen molar-refractivity contribution in [2.45, 2.75) is 38.8 Å². The molecule has 0 aliphatic heterocycles. The van der Waals surface area contributed by atoms with Gasteiger partial charge < -0.3 is 4.98 Å². The largest absolute Gasteiger partial charge is 0.321 e. The number of fused-ring (bicyclic) bond motifs is 1. The van der Waals surface area contributed by atoms with Gasteiger partial charge in [0.2, 0.25) is 10.0 Å². The summed E-state index contributed by atoms with van der Waals surface area (Å²) >= 11 is 0. The number of rotatable bonds is 6. The first-order chi connectivity index (χ1) is 15.6. The van der Waals surface area contributed by atoms with Crippen LogP contribution in [0.5, 0.6) is 0 Å². The minimum absolute atomic E-state index is 0.000885. The Hall–Kier alpha value is -3.29. The fraction of sp³-hybridized carbons (Fsp3) is 0.192. The van der Waals surface area contributed by atoms with Crippen molar-refractivity contribution in [2.24, 2.45) is 0 Å².